The summed E-state index contributed by atoms with van der Waals surface area (Å²) in [5, 5.41) is 0. The third kappa shape index (κ3) is 2.49. The van der Waals surface area contributed by atoms with Crippen LogP contribution < -0.4 is 11.3 Å². The highest BCUT2D eigenvalue weighted by Crippen LogP contribution is 2.27. The van der Waals surface area contributed by atoms with Gasteiger partial charge in [-0.15, -0.1) is 0 Å². The highest BCUT2D eigenvalue weighted by Gasteiger charge is 2.17. The molecule has 106 valence electrons. The molecule has 1 unspecified atom stereocenters. The predicted molar refractivity (Wildman–Crippen MR) is 79.8 cm³/mol. The van der Waals surface area contributed by atoms with Gasteiger partial charge in [0.15, 0.2) is 0 Å². The van der Waals surface area contributed by atoms with Gasteiger partial charge in [0.05, 0.1) is 17.1 Å². The fourth-order valence-corrected chi connectivity index (χ4v) is 2.46. The van der Waals surface area contributed by atoms with Crippen LogP contribution in [0.5, 0.6) is 0 Å². The summed E-state index contributed by atoms with van der Waals surface area (Å²) in [7, 11) is 0. The summed E-state index contributed by atoms with van der Waals surface area (Å²) in [4.78, 5) is 8.68. The molecule has 0 aliphatic rings. The Morgan fingerprint density at radius 1 is 1.14 bits per heavy atom. The van der Waals surface area contributed by atoms with E-state index in [1.165, 1.54) is 6.07 Å². The second kappa shape index (κ2) is 5.55. The van der Waals surface area contributed by atoms with Crippen LogP contribution in [0.15, 0.2) is 48.8 Å². The molecule has 0 aliphatic heterocycles. The molecule has 0 radical (unpaired) electrons. The first kappa shape index (κ1) is 13.6. The zero-order valence-corrected chi connectivity index (χ0v) is 11.5. The van der Waals surface area contributed by atoms with Gasteiger partial charge in [-0.25, -0.2) is 9.82 Å². The molecular weight excluding hydrogens is 267 g/mol. The van der Waals surface area contributed by atoms with Crippen molar-refractivity contribution in [1.29, 1.82) is 0 Å². The van der Waals surface area contributed by atoms with E-state index in [-0.39, 0.29) is 11.9 Å². The second-order valence-electron chi connectivity index (χ2n) is 4.88. The van der Waals surface area contributed by atoms with Crippen molar-refractivity contribution in [2.75, 3.05) is 0 Å². The number of hydrazine groups is 1. The van der Waals surface area contributed by atoms with Crippen molar-refractivity contribution in [2.45, 2.75) is 13.0 Å². The zero-order chi connectivity index (χ0) is 14.8. The van der Waals surface area contributed by atoms with E-state index < -0.39 is 0 Å². The molecule has 2 aromatic carbocycles. The van der Waals surface area contributed by atoms with Crippen molar-refractivity contribution in [3.8, 4) is 0 Å². The second-order valence-corrected chi connectivity index (χ2v) is 4.88. The molecule has 0 saturated carbocycles. The smallest absolute Gasteiger partial charge is 0.126 e. The van der Waals surface area contributed by atoms with E-state index in [0.717, 1.165) is 22.2 Å². The number of hydrogen-bond acceptors (Lipinski definition) is 4. The van der Waals surface area contributed by atoms with Gasteiger partial charge < -0.3 is 0 Å². The Morgan fingerprint density at radius 3 is 2.71 bits per heavy atom. The van der Waals surface area contributed by atoms with Crippen LogP contribution in [0.25, 0.3) is 11.0 Å². The third-order valence-corrected chi connectivity index (χ3v) is 3.52. The molecule has 0 fully saturated rings. The highest BCUT2D eigenvalue weighted by atomic mass is 19.1. The van der Waals surface area contributed by atoms with E-state index in [1.807, 2.05) is 18.2 Å². The Kier molecular flexibility index (Phi) is 3.60. The van der Waals surface area contributed by atoms with Crippen LogP contribution in [0.3, 0.4) is 0 Å². The molecule has 1 heterocycles. The number of nitrogens with zero attached hydrogens (tertiary/aromatic N) is 2. The maximum absolute atomic E-state index is 13.4. The van der Waals surface area contributed by atoms with Crippen LogP contribution in [0.2, 0.25) is 0 Å². The molecule has 1 aromatic heterocycles. The average molecular weight is 282 g/mol. The summed E-state index contributed by atoms with van der Waals surface area (Å²) in [6, 6.07) is 10.4. The number of aryl methyl sites for hydroxylation is 1. The Morgan fingerprint density at radius 2 is 1.95 bits per heavy atom. The molecule has 0 amide bonds. The first-order valence-corrected chi connectivity index (χ1v) is 6.62. The Balaban J connectivity index is 2.16. The summed E-state index contributed by atoms with van der Waals surface area (Å²) in [6.07, 6.45) is 3.30. The van der Waals surface area contributed by atoms with E-state index >= 15 is 0 Å². The predicted octanol–water partition coefficient (Wildman–Crippen LogP) is 2.63. The summed E-state index contributed by atoms with van der Waals surface area (Å²) < 4.78 is 13.4. The van der Waals surface area contributed by atoms with E-state index in [9.17, 15) is 4.39 Å². The molecule has 5 heteroatoms. The van der Waals surface area contributed by atoms with Crippen LogP contribution in [-0.2, 0) is 0 Å². The van der Waals surface area contributed by atoms with E-state index in [0.29, 0.717) is 5.56 Å². The van der Waals surface area contributed by atoms with Crippen molar-refractivity contribution in [2.24, 2.45) is 5.84 Å². The first-order valence-electron chi connectivity index (χ1n) is 6.62. The van der Waals surface area contributed by atoms with Gasteiger partial charge in [0.1, 0.15) is 5.82 Å². The largest absolute Gasteiger partial charge is 0.271 e. The van der Waals surface area contributed by atoms with E-state index in [1.54, 1.807) is 31.5 Å². The number of hydrogen-bond donors (Lipinski definition) is 2. The number of fused-ring (bicyclic) bond motifs is 1. The monoisotopic (exact) mass is 282 g/mol. The average Bonchev–Trinajstić information content (AvgIpc) is 2.52. The summed E-state index contributed by atoms with van der Waals surface area (Å²) >= 11 is 0. The maximum atomic E-state index is 13.4. The van der Waals surface area contributed by atoms with Crippen molar-refractivity contribution < 1.29 is 4.39 Å². The fourth-order valence-electron chi connectivity index (χ4n) is 2.46. The van der Waals surface area contributed by atoms with Crippen LogP contribution in [-0.4, -0.2) is 9.97 Å². The summed E-state index contributed by atoms with van der Waals surface area (Å²) in [5.41, 5.74) is 6.74. The van der Waals surface area contributed by atoms with Crippen molar-refractivity contribution >= 4 is 11.0 Å². The van der Waals surface area contributed by atoms with Gasteiger partial charge in [0.2, 0.25) is 0 Å². The number of para-hydroxylation sites is 1. The van der Waals surface area contributed by atoms with E-state index in [4.69, 9.17) is 5.84 Å². The first-order chi connectivity index (χ1) is 10.2. The van der Waals surface area contributed by atoms with Gasteiger partial charge in [-0.05, 0) is 30.2 Å². The topological polar surface area (TPSA) is 63.8 Å². The lowest BCUT2D eigenvalue weighted by Gasteiger charge is -2.18. The third-order valence-electron chi connectivity index (χ3n) is 3.52. The maximum Gasteiger partial charge on any atom is 0.126 e. The van der Waals surface area contributed by atoms with Gasteiger partial charge in [0, 0.05) is 18.0 Å². The van der Waals surface area contributed by atoms with Crippen LogP contribution in [0, 0.1) is 12.7 Å². The quantitative estimate of drug-likeness (QED) is 0.572. The lowest BCUT2D eigenvalue weighted by molar-refractivity contribution is 0.608. The molecule has 1 atom stereocenters. The number of benzene rings is 2. The van der Waals surface area contributed by atoms with Crippen molar-refractivity contribution in [1.82, 2.24) is 15.4 Å². The van der Waals surface area contributed by atoms with E-state index in [2.05, 4.69) is 15.4 Å². The SMILES string of the molecule is Cc1cc(C(NN)c2cccc3nccnc23)ccc1F. The lowest BCUT2D eigenvalue weighted by Crippen LogP contribution is -2.29. The number of nitrogens with one attached hydrogen (secondary N) is 1. The molecule has 21 heavy (non-hydrogen) atoms. The van der Waals surface area contributed by atoms with Crippen LogP contribution in [0.1, 0.15) is 22.7 Å². The summed E-state index contributed by atoms with van der Waals surface area (Å²) in [6.45, 7) is 1.73. The minimum Gasteiger partial charge on any atom is -0.271 e. The molecule has 3 N–H and O–H groups in total. The van der Waals surface area contributed by atoms with Gasteiger partial charge in [0.25, 0.3) is 0 Å². The molecule has 4 nitrogen and oxygen atoms in total. The number of aromatic nitrogens is 2. The number of rotatable bonds is 3. The zero-order valence-electron chi connectivity index (χ0n) is 11.5. The highest BCUT2D eigenvalue weighted by molar-refractivity contribution is 5.78. The molecular formula is C16H15FN4. The minimum atomic E-state index is -0.273. The molecule has 0 bridgehead atoms. The molecule has 0 aliphatic carbocycles. The van der Waals surface area contributed by atoms with Gasteiger partial charge >= 0.3 is 0 Å². The molecule has 0 saturated heterocycles. The van der Waals surface area contributed by atoms with Gasteiger partial charge in [-0.1, -0.05) is 24.3 Å². The van der Waals surface area contributed by atoms with Crippen molar-refractivity contribution in [3.05, 3.63) is 71.3 Å². The van der Waals surface area contributed by atoms with Crippen molar-refractivity contribution in [3.63, 3.8) is 0 Å². The normalized spacial score (nSPS) is 12.5. The number of nitrogens with two attached hydrogens (primary N) is 1. The van der Waals surface area contributed by atoms with Gasteiger partial charge in [-0.3, -0.25) is 15.8 Å². The number of halogens is 1. The Labute approximate surface area is 121 Å². The Bertz CT molecular complexity index is 783. The molecule has 3 rings (SSSR count). The van der Waals surface area contributed by atoms with Gasteiger partial charge in [-0.2, -0.15) is 0 Å². The van der Waals surface area contributed by atoms with Crippen LogP contribution in [0.4, 0.5) is 4.39 Å². The lowest BCUT2D eigenvalue weighted by atomic mass is 9.96. The standard InChI is InChI=1S/C16H15FN4/c1-10-9-11(5-6-13(10)17)15(21-18)12-3-2-4-14-16(12)20-8-7-19-14/h2-9,15,21H,18H2,1H3. The Hall–Kier alpha value is -2.37. The van der Waals surface area contributed by atoms with Crippen LogP contribution >= 0.6 is 0 Å². The fraction of sp³-hybridized carbons (Fsp3) is 0.125. The summed E-state index contributed by atoms with van der Waals surface area (Å²) in [5.74, 6) is 5.49. The molecule has 3 aromatic rings. The minimum absolute atomic E-state index is 0.229. The molecule has 0 spiro atoms.